The van der Waals surface area contributed by atoms with E-state index in [1.807, 2.05) is 73.8 Å². The molecule has 0 aliphatic carbocycles. The van der Waals surface area contributed by atoms with E-state index in [9.17, 15) is 9.59 Å². The highest BCUT2D eigenvalue weighted by Crippen LogP contribution is 2.38. The molecule has 0 aromatic heterocycles. The number of fused-ring (bicyclic) bond motifs is 1. The number of carbonyl (C=O) groups is 2. The zero-order chi connectivity index (χ0) is 23.4. The molecule has 0 radical (unpaired) electrons. The third kappa shape index (κ3) is 5.38. The van der Waals surface area contributed by atoms with Crippen molar-refractivity contribution < 1.29 is 14.7 Å². The lowest BCUT2D eigenvalue weighted by Crippen LogP contribution is -2.22. The Kier molecular flexibility index (Phi) is 7.01. The number of amides is 1. The maximum absolute atomic E-state index is 13.1. The number of aliphatic imine (C=N–C) groups is 1. The van der Waals surface area contributed by atoms with E-state index in [4.69, 9.17) is 10.1 Å². The summed E-state index contributed by atoms with van der Waals surface area (Å²) in [5.41, 5.74) is 5.80. The molecule has 168 valence electrons. The molecular weight excluding hydrogens is 482 g/mol. The zero-order valence-corrected chi connectivity index (χ0v) is 19.7. The van der Waals surface area contributed by atoms with Crippen LogP contribution in [0.4, 0.5) is 11.4 Å². The molecule has 0 spiro atoms. The monoisotopic (exact) mass is 505 g/mol. The molecule has 1 unspecified atom stereocenters. The fraction of sp³-hybridized carbons (Fsp3) is 0.192. The number of carboxylic acid groups (broad SMARTS) is 1. The molecule has 0 saturated carbocycles. The van der Waals surface area contributed by atoms with Gasteiger partial charge in [-0.1, -0.05) is 52.3 Å². The number of halogens is 1. The smallest absolute Gasteiger partial charge is 0.303 e. The van der Waals surface area contributed by atoms with Crippen molar-refractivity contribution in [3.05, 3.63) is 93.5 Å². The number of aryl methyl sites for hydroxylation is 1. The lowest BCUT2D eigenvalue weighted by atomic mass is 9.89. The first kappa shape index (κ1) is 22.9. The summed E-state index contributed by atoms with van der Waals surface area (Å²) in [5, 5.41) is 15.2. The molecule has 0 bridgehead atoms. The summed E-state index contributed by atoms with van der Waals surface area (Å²) in [4.78, 5) is 29.1. The molecule has 1 aliphatic rings. The lowest BCUT2D eigenvalue weighted by molar-refractivity contribution is -0.137. The van der Waals surface area contributed by atoms with E-state index < -0.39 is 11.9 Å². The van der Waals surface area contributed by atoms with Crippen molar-refractivity contribution in [1.82, 2.24) is 5.32 Å². The Morgan fingerprint density at radius 2 is 1.88 bits per heavy atom. The minimum absolute atomic E-state index is 0.0444. The van der Waals surface area contributed by atoms with E-state index >= 15 is 0 Å². The zero-order valence-electron chi connectivity index (χ0n) is 18.1. The first-order chi connectivity index (χ1) is 15.9. The van der Waals surface area contributed by atoms with Crippen LogP contribution in [-0.2, 0) is 22.6 Å². The topological polar surface area (TPSA) is 90.8 Å². The summed E-state index contributed by atoms with van der Waals surface area (Å²) < 4.78 is 0.885. The van der Waals surface area contributed by atoms with Gasteiger partial charge in [0.15, 0.2) is 0 Å². The van der Waals surface area contributed by atoms with Crippen LogP contribution in [0.5, 0.6) is 0 Å². The van der Waals surface area contributed by atoms with Gasteiger partial charge in [0.05, 0.1) is 11.4 Å². The summed E-state index contributed by atoms with van der Waals surface area (Å²) >= 11 is 3.47. The van der Waals surface area contributed by atoms with E-state index in [2.05, 4.69) is 26.6 Å². The normalized spacial score (nSPS) is 15.3. The van der Waals surface area contributed by atoms with Gasteiger partial charge in [0.25, 0.3) is 0 Å². The molecule has 3 N–H and O–H groups in total. The van der Waals surface area contributed by atoms with Crippen LogP contribution in [0.15, 0.2) is 76.2 Å². The predicted octanol–water partition coefficient (Wildman–Crippen LogP) is 5.04. The van der Waals surface area contributed by atoms with Crippen molar-refractivity contribution in [3.63, 3.8) is 0 Å². The number of nitrogens with one attached hydrogen (secondary N) is 2. The highest BCUT2D eigenvalue weighted by molar-refractivity contribution is 9.10. The Hall–Kier alpha value is -3.29. The molecule has 4 rings (SSSR count). The van der Waals surface area contributed by atoms with Gasteiger partial charge < -0.3 is 15.7 Å². The second kappa shape index (κ2) is 10.1. The molecule has 7 heteroatoms. The van der Waals surface area contributed by atoms with E-state index in [1.165, 1.54) is 0 Å². The van der Waals surface area contributed by atoms with E-state index in [0.717, 1.165) is 38.1 Å². The third-order valence-electron chi connectivity index (χ3n) is 5.51. The number of carbonyl (C=O) groups excluding carboxylic acids is 1. The fourth-order valence-electron chi connectivity index (χ4n) is 4.02. The summed E-state index contributed by atoms with van der Waals surface area (Å²) in [6.07, 6.45) is 0.456. The fourth-order valence-corrected chi connectivity index (χ4v) is 4.38. The van der Waals surface area contributed by atoms with Crippen molar-refractivity contribution in [2.75, 3.05) is 12.4 Å². The van der Waals surface area contributed by atoms with Gasteiger partial charge in [-0.2, -0.15) is 0 Å². The Balaban J connectivity index is 1.82. The number of aliphatic carboxylic acids is 1. The van der Waals surface area contributed by atoms with Crippen LogP contribution in [0.3, 0.4) is 0 Å². The predicted molar refractivity (Wildman–Crippen MR) is 133 cm³/mol. The second-order valence-electron chi connectivity index (χ2n) is 7.95. The summed E-state index contributed by atoms with van der Waals surface area (Å²) in [5.74, 6) is -1.55. The maximum Gasteiger partial charge on any atom is 0.303 e. The van der Waals surface area contributed by atoms with Crippen LogP contribution < -0.4 is 10.6 Å². The minimum atomic E-state index is -0.842. The summed E-state index contributed by atoms with van der Waals surface area (Å²) in [7, 11) is 1.89. The molecule has 33 heavy (non-hydrogen) atoms. The Labute approximate surface area is 200 Å². The van der Waals surface area contributed by atoms with Crippen LogP contribution in [0.1, 0.15) is 34.6 Å². The quantitative estimate of drug-likeness (QED) is 0.374. The van der Waals surface area contributed by atoms with Crippen molar-refractivity contribution >= 4 is 44.9 Å². The average Bonchev–Trinajstić information content (AvgIpc) is 3.11. The number of anilines is 1. The van der Waals surface area contributed by atoms with Crippen LogP contribution in [0.25, 0.3) is 0 Å². The minimum Gasteiger partial charge on any atom is -0.481 e. The molecule has 0 saturated heterocycles. The van der Waals surface area contributed by atoms with Gasteiger partial charge >= 0.3 is 5.97 Å². The standard InChI is InChI=1S/C26H24BrN3O3/c1-28-15-17-5-3-7-20(13-17)29-25(18-6-2-4-16(12-18)8-11-23(31)32)24-21-10-9-19(27)14-22(21)30-26(24)33/h2-7,9-10,12-14,24,28H,8,11,15H2,1H3,(H,30,33)(H,31,32). The number of hydrogen-bond acceptors (Lipinski definition) is 4. The molecule has 3 aromatic carbocycles. The first-order valence-electron chi connectivity index (χ1n) is 10.7. The lowest BCUT2D eigenvalue weighted by Gasteiger charge is -2.15. The van der Waals surface area contributed by atoms with E-state index in [1.54, 1.807) is 0 Å². The molecule has 0 fully saturated rings. The molecule has 1 heterocycles. The SMILES string of the molecule is CNCc1cccc(N=C(c2cccc(CCC(=O)O)c2)C2C(=O)Nc3cc(Br)ccc32)c1. The van der Waals surface area contributed by atoms with Crippen LogP contribution in [0, 0.1) is 0 Å². The van der Waals surface area contributed by atoms with Gasteiger partial charge in [0, 0.05) is 23.1 Å². The van der Waals surface area contributed by atoms with Crippen molar-refractivity contribution in [2.24, 2.45) is 4.99 Å². The second-order valence-corrected chi connectivity index (χ2v) is 8.86. The molecule has 1 aliphatic heterocycles. The maximum atomic E-state index is 13.1. The largest absolute Gasteiger partial charge is 0.481 e. The number of benzene rings is 3. The molecular formula is C26H24BrN3O3. The number of hydrogen-bond donors (Lipinski definition) is 3. The van der Waals surface area contributed by atoms with E-state index in [0.29, 0.717) is 18.7 Å². The van der Waals surface area contributed by atoms with E-state index in [-0.39, 0.29) is 12.3 Å². The Morgan fingerprint density at radius 3 is 2.67 bits per heavy atom. The number of nitrogens with zero attached hydrogens (tertiary/aromatic N) is 1. The van der Waals surface area contributed by atoms with Crippen LogP contribution >= 0.6 is 15.9 Å². The molecule has 1 atom stereocenters. The van der Waals surface area contributed by atoms with Gasteiger partial charge in [-0.05, 0) is 66.1 Å². The van der Waals surface area contributed by atoms with Crippen molar-refractivity contribution in [2.45, 2.75) is 25.3 Å². The summed E-state index contributed by atoms with van der Waals surface area (Å²) in [6, 6.07) is 21.3. The van der Waals surface area contributed by atoms with Gasteiger partial charge in [-0.15, -0.1) is 0 Å². The summed E-state index contributed by atoms with van der Waals surface area (Å²) in [6.45, 7) is 0.712. The number of carboxylic acids is 1. The molecule has 6 nitrogen and oxygen atoms in total. The van der Waals surface area contributed by atoms with Crippen LogP contribution in [-0.4, -0.2) is 29.7 Å². The highest BCUT2D eigenvalue weighted by Gasteiger charge is 2.35. The first-order valence-corrected chi connectivity index (χ1v) is 11.5. The average molecular weight is 506 g/mol. The van der Waals surface area contributed by atoms with Crippen LogP contribution in [0.2, 0.25) is 0 Å². The molecule has 3 aromatic rings. The van der Waals surface area contributed by atoms with Gasteiger partial charge in [-0.3, -0.25) is 14.6 Å². The molecule has 1 amide bonds. The van der Waals surface area contributed by atoms with Crippen molar-refractivity contribution in [1.29, 1.82) is 0 Å². The Bertz CT molecular complexity index is 1240. The van der Waals surface area contributed by atoms with Gasteiger partial charge in [0.2, 0.25) is 5.91 Å². The third-order valence-corrected chi connectivity index (χ3v) is 6.00. The highest BCUT2D eigenvalue weighted by atomic mass is 79.9. The van der Waals surface area contributed by atoms with Gasteiger partial charge in [-0.25, -0.2) is 0 Å². The number of rotatable bonds is 8. The van der Waals surface area contributed by atoms with Gasteiger partial charge in [0.1, 0.15) is 5.92 Å². The van der Waals surface area contributed by atoms with Crippen molar-refractivity contribution in [3.8, 4) is 0 Å². The Morgan fingerprint density at radius 1 is 1.09 bits per heavy atom.